The summed E-state index contributed by atoms with van der Waals surface area (Å²) in [6.07, 6.45) is 13.2. The van der Waals surface area contributed by atoms with Crippen LogP contribution in [0.4, 0.5) is 0 Å². The normalized spacial score (nSPS) is 28.7. The van der Waals surface area contributed by atoms with E-state index in [9.17, 15) is 14.7 Å². The van der Waals surface area contributed by atoms with Crippen LogP contribution in [-0.4, -0.2) is 61.2 Å². The van der Waals surface area contributed by atoms with Crippen LogP contribution in [0.25, 0.3) is 0 Å². The Morgan fingerprint density at radius 1 is 1.21 bits per heavy atom. The molecule has 1 aliphatic carbocycles. The number of Topliss-reactive ketones (excluding diaryl/α,β-unsaturated/α-hetero) is 1. The van der Waals surface area contributed by atoms with Crippen molar-refractivity contribution >= 4 is 18.0 Å². The number of piperidine rings is 1. The van der Waals surface area contributed by atoms with Crippen LogP contribution in [0, 0.1) is 24.3 Å². The zero-order valence-corrected chi connectivity index (χ0v) is 24.4. The standard InChI is InChI=1S/C31H52N3O5/c1-4-22(15-26-20-33-19-25(26)9-5-24-13-14-34-31(32)17-24)7-11-28(39-21(2)35)18-27(36)10-6-23-8-12-29(37)30(16-23)38-3/h19-20,22-24,28-31,34,37H,4-18,32H2,1-3H3/q+1. The average Bonchev–Trinajstić information content (AvgIpc) is 3.35. The lowest BCUT2D eigenvalue weighted by Gasteiger charge is -2.32. The molecule has 2 aliphatic heterocycles. The minimum Gasteiger partial charge on any atom is -0.462 e. The van der Waals surface area contributed by atoms with Gasteiger partial charge in [0.2, 0.25) is 0 Å². The summed E-state index contributed by atoms with van der Waals surface area (Å²) in [5.74, 6) is 1.32. The highest BCUT2D eigenvalue weighted by Gasteiger charge is 2.30. The largest absolute Gasteiger partial charge is 0.462 e. The van der Waals surface area contributed by atoms with E-state index in [0.717, 1.165) is 70.8 Å². The molecular formula is C31H52N3O5+. The number of ether oxygens (including phenoxy) is 2. The first-order valence-electron chi connectivity index (χ1n) is 15.2. The minimum absolute atomic E-state index is 0.117. The number of rotatable bonds is 16. The Labute approximate surface area is 235 Å². The molecule has 0 spiro atoms. The number of nitrogens with one attached hydrogen (secondary N) is 1. The summed E-state index contributed by atoms with van der Waals surface area (Å²) < 4.78 is 11.0. The summed E-state index contributed by atoms with van der Waals surface area (Å²) in [5, 5.41) is 13.4. The molecule has 7 unspecified atom stereocenters. The van der Waals surface area contributed by atoms with Gasteiger partial charge >= 0.3 is 5.97 Å². The molecule has 1 saturated heterocycles. The topological polar surface area (TPSA) is 123 Å². The number of esters is 1. The highest BCUT2D eigenvalue weighted by Crippen LogP contribution is 2.32. The van der Waals surface area contributed by atoms with Gasteiger partial charge in [-0.15, -0.1) is 4.99 Å². The predicted octanol–water partition coefficient (Wildman–Crippen LogP) is 4.64. The summed E-state index contributed by atoms with van der Waals surface area (Å²) in [4.78, 5) is 29.1. The maximum Gasteiger partial charge on any atom is 0.302 e. The maximum absolute atomic E-state index is 12.8. The lowest BCUT2D eigenvalue weighted by molar-refractivity contribution is -0.148. The Kier molecular flexibility index (Phi) is 13.5. The molecule has 4 N–H and O–H groups in total. The van der Waals surface area contributed by atoms with Gasteiger partial charge in [0.25, 0.3) is 0 Å². The van der Waals surface area contributed by atoms with Crippen LogP contribution in [0.1, 0.15) is 104 Å². The Morgan fingerprint density at radius 2 is 2.00 bits per heavy atom. The van der Waals surface area contributed by atoms with E-state index in [0.29, 0.717) is 30.6 Å². The van der Waals surface area contributed by atoms with Gasteiger partial charge in [0, 0.05) is 39.7 Å². The van der Waals surface area contributed by atoms with Gasteiger partial charge in [0.1, 0.15) is 24.0 Å². The Balaban J connectivity index is 1.45. The first-order chi connectivity index (χ1) is 18.8. The van der Waals surface area contributed by atoms with Crippen molar-refractivity contribution in [1.29, 1.82) is 0 Å². The third kappa shape index (κ3) is 11.0. The quantitative estimate of drug-likeness (QED) is 0.190. The highest BCUT2D eigenvalue weighted by molar-refractivity contribution is 5.84. The second-order valence-electron chi connectivity index (χ2n) is 12.0. The fourth-order valence-corrected chi connectivity index (χ4v) is 6.50. The molecule has 0 radical (unpaired) electrons. The van der Waals surface area contributed by atoms with Crippen LogP contribution in [0.5, 0.6) is 0 Å². The Morgan fingerprint density at radius 3 is 2.72 bits per heavy atom. The molecule has 0 aromatic carbocycles. The van der Waals surface area contributed by atoms with Gasteiger partial charge in [-0.25, -0.2) is 0 Å². The molecule has 8 nitrogen and oxygen atoms in total. The lowest BCUT2D eigenvalue weighted by atomic mass is 9.82. The summed E-state index contributed by atoms with van der Waals surface area (Å²) in [5.41, 5.74) is 8.75. The van der Waals surface area contributed by atoms with Gasteiger partial charge in [-0.1, -0.05) is 13.3 Å². The van der Waals surface area contributed by atoms with Crippen LogP contribution in [0.2, 0.25) is 0 Å². The number of aliphatic hydroxyl groups is 1. The van der Waals surface area contributed by atoms with E-state index in [4.69, 9.17) is 15.2 Å². The maximum atomic E-state index is 12.8. The smallest absolute Gasteiger partial charge is 0.302 e. The van der Waals surface area contributed by atoms with Crippen molar-refractivity contribution in [3.8, 4) is 0 Å². The highest BCUT2D eigenvalue weighted by atomic mass is 16.5. The third-order valence-electron chi connectivity index (χ3n) is 9.01. The van der Waals surface area contributed by atoms with E-state index in [-0.39, 0.29) is 36.5 Å². The van der Waals surface area contributed by atoms with Crippen molar-refractivity contribution in [1.82, 2.24) is 5.32 Å². The number of carbonyl (C=O) groups excluding carboxylic acids is 2. The molecule has 7 atom stereocenters. The number of ketones is 1. The number of carbonyl (C=O) groups is 2. The van der Waals surface area contributed by atoms with Gasteiger partial charge in [0.15, 0.2) is 6.21 Å². The van der Waals surface area contributed by atoms with E-state index in [2.05, 4.69) is 17.2 Å². The lowest BCUT2D eigenvalue weighted by Crippen LogP contribution is -2.44. The first kappa shape index (κ1) is 31.8. The third-order valence-corrected chi connectivity index (χ3v) is 9.01. The molecule has 3 rings (SSSR count). The molecule has 8 heteroatoms. The van der Waals surface area contributed by atoms with Crippen LogP contribution in [0.3, 0.4) is 0 Å². The van der Waals surface area contributed by atoms with E-state index in [1.807, 2.05) is 12.8 Å². The molecule has 2 fully saturated rings. The summed E-state index contributed by atoms with van der Waals surface area (Å²) in [7, 11) is 1.63. The number of hydrogen-bond acceptors (Lipinski definition) is 8. The number of aliphatic hydroxyl groups excluding tert-OH is 1. The van der Waals surface area contributed by atoms with Crippen molar-refractivity contribution in [3.05, 3.63) is 17.7 Å². The molecule has 0 bridgehead atoms. The van der Waals surface area contributed by atoms with Crippen LogP contribution >= 0.6 is 0 Å². The fourth-order valence-electron chi connectivity index (χ4n) is 6.50. The molecule has 1 saturated carbocycles. The Bertz CT molecular complexity index is 844. The monoisotopic (exact) mass is 546 g/mol. The van der Waals surface area contributed by atoms with Crippen molar-refractivity contribution < 1.29 is 24.2 Å². The van der Waals surface area contributed by atoms with Crippen molar-refractivity contribution in [2.24, 2.45) is 28.5 Å². The summed E-state index contributed by atoms with van der Waals surface area (Å²) in [6, 6.07) is 0. The zero-order chi connectivity index (χ0) is 28.2. The molecule has 0 aromatic heterocycles. The van der Waals surface area contributed by atoms with Gasteiger partial charge in [0.05, 0.1) is 23.9 Å². The van der Waals surface area contributed by atoms with Crippen LogP contribution in [-0.2, 0) is 19.1 Å². The molecule has 0 amide bonds. The summed E-state index contributed by atoms with van der Waals surface area (Å²) in [6.45, 7) is 6.65. The van der Waals surface area contributed by atoms with Crippen molar-refractivity contribution in [2.75, 3.05) is 13.7 Å². The minimum atomic E-state index is -0.407. The number of allylic oxidation sites excluding steroid dienone is 1. The number of nitrogens with zero attached hydrogens (tertiary/aromatic N) is 1. The number of methoxy groups -OCH3 is 1. The van der Waals surface area contributed by atoms with E-state index >= 15 is 0 Å². The zero-order valence-electron chi connectivity index (χ0n) is 24.4. The van der Waals surface area contributed by atoms with Gasteiger partial charge in [-0.2, -0.15) is 0 Å². The number of hydrogen-bond donors (Lipinski definition) is 3. The SMILES string of the molecule is CCC(CCC(CC(=O)CCC1CCC(O)C(OC)C1)OC(C)=O)CC1=C(CCC2CCNC(N)C2)[CH+]N=C1. The predicted molar refractivity (Wildman–Crippen MR) is 154 cm³/mol. The summed E-state index contributed by atoms with van der Waals surface area (Å²) >= 11 is 0. The van der Waals surface area contributed by atoms with Crippen LogP contribution in [0.15, 0.2) is 16.1 Å². The molecule has 3 aliphatic rings. The van der Waals surface area contributed by atoms with E-state index < -0.39 is 6.10 Å². The molecule has 0 aromatic rings. The van der Waals surface area contributed by atoms with Gasteiger partial charge in [-0.3, -0.25) is 9.59 Å². The molecular weight excluding hydrogens is 494 g/mol. The molecule has 220 valence electrons. The van der Waals surface area contributed by atoms with Gasteiger partial charge in [-0.05, 0) is 82.1 Å². The fraction of sp³-hybridized carbons (Fsp3) is 0.806. The first-order valence-corrected chi connectivity index (χ1v) is 15.2. The van der Waals surface area contributed by atoms with E-state index in [1.54, 1.807) is 7.11 Å². The second-order valence-corrected chi connectivity index (χ2v) is 12.0. The molecule has 2 heterocycles. The number of aliphatic imine (C=N–C) groups is 1. The van der Waals surface area contributed by atoms with Crippen molar-refractivity contribution in [3.63, 3.8) is 0 Å². The number of nitrogens with two attached hydrogens (primary N) is 1. The second kappa shape index (κ2) is 16.5. The van der Waals surface area contributed by atoms with Crippen molar-refractivity contribution in [2.45, 2.75) is 128 Å². The average molecular weight is 547 g/mol. The van der Waals surface area contributed by atoms with Gasteiger partial charge < -0.3 is 25.6 Å². The molecule has 39 heavy (non-hydrogen) atoms. The van der Waals surface area contributed by atoms with Crippen LogP contribution < -0.4 is 11.1 Å². The van der Waals surface area contributed by atoms with E-state index in [1.165, 1.54) is 24.5 Å². The Hall–Kier alpha value is -1.74.